The van der Waals surface area contributed by atoms with Crippen LogP contribution >= 0.6 is 0 Å². The maximum absolute atomic E-state index is 11.3. The molecule has 1 atom stereocenters. The van der Waals surface area contributed by atoms with Crippen molar-refractivity contribution in [2.24, 2.45) is 0 Å². The summed E-state index contributed by atoms with van der Waals surface area (Å²) >= 11 is 0. The summed E-state index contributed by atoms with van der Waals surface area (Å²) in [7, 11) is -1.72. The van der Waals surface area contributed by atoms with Crippen molar-refractivity contribution in [1.29, 1.82) is 0 Å². The molecule has 0 aliphatic carbocycles. The molecule has 1 aromatic rings. The zero-order chi connectivity index (χ0) is 15.0. The van der Waals surface area contributed by atoms with Gasteiger partial charge in [-0.2, -0.15) is 0 Å². The predicted molar refractivity (Wildman–Crippen MR) is 81.5 cm³/mol. The average molecular weight is 300 g/mol. The van der Waals surface area contributed by atoms with Crippen molar-refractivity contribution in [3.8, 4) is 5.75 Å². The molecule has 0 fully saturated rings. The van der Waals surface area contributed by atoms with Crippen LogP contribution in [-0.4, -0.2) is 34.4 Å². The lowest BCUT2D eigenvalue weighted by molar-refractivity contribution is 0.317. The topological polar surface area (TPSA) is 67.4 Å². The van der Waals surface area contributed by atoms with Crippen LogP contribution in [0, 0.1) is 0 Å². The Morgan fingerprint density at radius 2 is 1.90 bits per heavy atom. The number of sulfonamides is 1. The molecule has 1 rings (SSSR count). The van der Waals surface area contributed by atoms with Gasteiger partial charge in [0.15, 0.2) is 0 Å². The number of benzene rings is 1. The Bertz CT molecular complexity index is 486. The van der Waals surface area contributed by atoms with Gasteiger partial charge in [0.2, 0.25) is 10.0 Å². The molecule has 0 aromatic heterocycles. The molecule has 6 heteroatoms. The molecule has 0 spiro atoms. The maximum Gasteiger partial charge on any atom is 0.212 e. The smallest absolute Gasteiger partial charge is 0.212 e. The summed E-state index contributed by atoms with van der Waals surface area (Å²) in [5.74, 6) is 0.937. The highest BCUT2D eigenvalue weighted by Gasteiger charge is 2.09. The van der Waals surface area contributed by atoms with Crippen LogP contribution in [0.3, 0.4) is 0 Å². The fraction of sp³-hybridized carbons (Fsp3) is 0.571. The summed E-state index contributed by atoms with van der Waals surface area (Å²) in [5.41, 5.74) is 1.11. The molecule has 20 heavy (non-hydrogen) atoms. The van der Waals surface area contributed by atoms with E-state index in [0.717, 1.165) is 24.3 Å². The summed E-state index contributed by atoms with van der Waals surface area (Å²) in [6.45, 7) is 5.21. The van der Waals surface area contributed by atoms with Gasteiger partial charge in [0.05, 0.1) is 12.4 Å². The predicted octanol–water partition coefficient (Wildman–Crippen LogP) is 1.68. The third kappa shape index (κ3) is 5.90. The monoisotopic (exact) mass is 300 g/mol. The van der Waals surface area contributed by atoms with E-state index in [9.17, 15) is 8.42 Å². The molecular weight excluding hydrogens is 276 g/mol. The minimum Gasteiger partial charge on any atom is -0.494 e. The Morgan fingerprint density at radius 3 is 2.45 bits per heavy atom. The maximum atomic E-state index is 11.3. The Morgan fingerprint density at radius 1 is 1.25 bits per heavy atom. The van der Waals surface area contributed by atoms with Crippen LogP contribution in [0.4, 0.5) is 0 Å². The zero-order valence-electron chi connectivity index (χ0n) is 12.3. The van der Waals surface area contributed by atoms with Gasteiger partial charge in [0, 0.05) is 12.6 Å². The minimum absolute atomic E-state index is 0.0749. The number of nitrogens with one attached hydrogen (secondary N) is 2. The molecular formula is C14H24N2O3S. The molecule has 0 amide bonds. The van der Waals surface area contributed by atoms with Crippen molar-refractivity contribution >= 4 is 10.0 Å². The fourth-order valence-electron chi connectivity index (χ4n) is 1.70. The van der Waals surface area contributed by atoms with E-state index >= 15 is 0 Å². The van der Waals surface area contributed by atoms with Crippen LogP contribution in [0.25, 0.3) is 0 Å². The van der Waals surface area contributed by atoms with Crippen molar-refractivity contribution in [2.45, 2.75) is 26.3 Å². The summed E-state index contributed by atoms with van der Waals surface area (Å²) in [5, 5.41) is 3.19. The zero-order valence-corrected chi connectivity index (χ0v) is 13.2. The molecule has 0 radical (unpaired) electrons. The molecule has 5 nitrogen and oxygen atoms in total. The second-order valence-corrected chi connectivity index (χ2v) is 6.66. The van der Waals surface area contributed by atoms with Crippen LogP contribution in [0.1, 0.15) is 31.9 Å². The fourth-order valence-corrected chi connectivity index (χ4v) is 2.29. The highest BCUT2D eigenvalue weighted by Crippen LogP contribution is 2.17. The lowest BCUT2D eigenvalue weighted by Gasteiger charge is -2.15. The van der Waals surface area contributed by atoms with E-state index < -0.39 is 10.0 Å². The largest absolute Gasteiger partial charge is 0.494 e. The molecule has 1 unspecified atom stereocenters. The number of hydrogen-bond acceptors (Lipinski definition) is 4. The van der Waals surface area contributed by atoms with Gasteiger partial charge < -0.3 is 10.1 Å². The van der Waals surface area contributed by atoms with Crippen molar-refractivity contribution in [3.63, 3.8) is 0 Å². The van der Waals surface area contributed by atoms with Crippen LogP contribution in [0.15, 0.2) is 24.3 Å². The molecule has 1 aromatic carbocycles. The lowest BCUT2D eigenvalue weighted by Crippen LogP contribution is -2.30. The van der Waals surface area contributed by atoms with E-state index in [-0.39, 0.29) is 11.8 Å². The lowest BCUT2D eigenvalue weighted by atomic mass is 10.1. The summed E-state index contributed by atoms with van der Waals surface area (Å²) in [6, 6.07) is 7.97. The normalized spacial score (nSPS) is 13.2. The third-order valence-electron chi connectivity index (χ3n) is 2.99. The molecule has 0 heterocycles. The van der Waals surface area contributed by atoms with Gasteiger partial charge in [-0.1, -0.05) is 19.1 Å². The first-order chi connectivity index (χ1) is 9.48. The molecule has 0 aliphatic heterocycles. The van der Waals surface area contributed by atoms with E-state index in [2.05, 4.69) is 17.0 Å². The third-order valence-corrected chi connectivity index (χ3v) is 4.35. The summed E-state index contributed by atoms with van der Waals surface area (Å²) < 4.78 is 30.4. The van der Waals surface area contributed by atoms with Gasteiger partial charge in [0.1, 0.15) is 5.75 Å². The highest BCUT2D eigenvalue weighted by molar-refractivity contribution is 7.89. The first kappa shape index (κ1) is 16.9. The Kier molecular flexibility index (Phi) is 6.98. The van der Waals surface area contributed by atoms with E-state index in [0.29, 0.717) is 6.54 Å². The van der Waals surface area contributed by atoms with Crippen molar-refractivity contribution < 1.29 is 13.2 Å². The van der Waals surface area contributed by atoms with Crippen LogP contribution in [0.2, 0.25) is 0 Å². The van der Waals surface area contributed by atoms with Crippen molar-refractivity contribution in [2.75, 3.05) is 26.0 Å². The Hall–Kier alpha value is -1.11. The Balaban J connectivity index is 2.45. The first-order valence-corrected chi connectivity index (χ1v) is 8.51. The van der Waals surface area contributed by atoms with E-state index in [4.69, 9.17) is 4.74 Å². The van der Waals surface area contributed by atoms with Gasteiger partial charge in [-0.25, -0.2) is 13.1 Å². The van der Waals surface area contributed by atoms with E-state index in [1.807, 2.05) is 31.2 Å². The van der Waals surface area contributed by atoms with Crippen molar-refractivity contribution in [3.05, 3.63) is 29.8 Å². The molecule has 0 saturated heterocycles. The van der Waals surface area contributed by atoms with Gasteiger partial charge in [-0.05, 0) is 38.1 Å². The molecule has 0 bridgehead atoms. The number of ether oxygens (including phenoxy) is 1. The van der Waals surface area contributed by atoms with Crippen LogP contribution in [-0.2, 0) is 10.0 Å². The SMILES string of the molecule is CCCOc1ccc(C(C)NCCS(=O)(=O)NC)cc1. The second-order valence-electron chi connectivity index (χ2n) is 4.62. The molecule has 2 N–H and O–H groups in total. The second kappa shape index (κ2) is 8.24. The van der Waals surface area contributed by atoms with Gasteiger partial charge in [0.25, 0.3) is 0 Å². The summed E-state index contributed by atoms with van der Waals surface area (Å²) in [4.78, 5) is 0. The quantitative estimate of drug-likeness (QED) is 0.728. The average Bonchev–Trinajstić information content (AvgIpc) is 2.45. The van der Waals surface area contributed by atoms with Gasteiger partial charge >= 0.3 is 0 Å². The minimum atomic E-state index is -3.15. The molecule has 0 aliphatic rings. The van der Waals surface area contributed by atoms with E-state index in [1.165, 1.54) is 7.05 Å². The summed E-state index contributed by atoms with van der Waals surface area (Å²) in [6.07, 6.45) is 0.986. The number of hydrogen-bond donors (Lipinski definition) is 2. The van der Waals surface area contributed by atoms with Crippen molar-refractivity contribution in [1.82, 2.24) is 10.0 Å². The van der Waals surface area contributed by atoms with Gasteiger partial charge in [-0.3, -0.25) is 0 Å². The Labute approximate surface area is 121 Å². The number of rotatable bonds is 9. The van der Waals surface area contributed by atoms with Crippen LogP contribution < -0.4 is 14.8 Å². The van der Waals surface area contributed by atoms with E-state index in [1.54, 1.807) is 0 Å². The van der Waals surface area contributed by atoms with Crippen LogP contribution in [0.5, 0.6) is 5.75 Å². The molecule has 114 valence electrons. The molecule has 0 saturated carbocycles. The standard InChI is InChI=1S/C14H24N2O3S/c1-4-10-19-14-7-5-13(6-8-14)12(2)16-9-11-20(17,18)15-3/h5-8,12,15-16H,4,9-11H2,1-3H3. The highest BCUT2D eigenvalue weighted by atomic mass is 32.2. The van der Waals surface area contributed by atoms with Gasteiger partial charge in [-0.15, -0.1) is 0 Å². The first-order valence-electron chi connectivity index (χ1n) is 6.86.